The summed E-state index contributed by atoms with van der Waals surface area (Å²) in [5.41, 5.74) is 3.71. The van der Waals surface area contributed by atoms with Crippen molar-refractivity contribution in [1.29, 1.82) is 0 Å². The summed E-state index contributed by atoms with van der Waals surface area (Å²) in [6.45, 7) is 8.88. The standard InChI is InChI=1S/C18H20O2/c1-17(2)7-8-18(3,4)14-10-12-11(9-13(14)17)15(19)5-6-16(12)20/h5-6,9-10H,7-8H2,1-4H3. The van der Waals surface area contributed by atoms with Crippen LogP contribution in [0.25, 0.3) is 0 Å². The molecule has 0 radical (unpaired) electrons. The summed E-state index contributed by atoms with van der Waals surface area (Å²) in [5.74, 6) is -0.108. The SMILES string of the molecule is CC1(C)CCC(C)(C)c2cc3c(cc21)C(=O)C=CC3=O. The van der Waals surface area contributed by atoms with E-state index in [1.54, 1.807) is 0 Å². The van der Waals surface area contributed by atoms with Crippen LogP contribution in [0.4, 0.5) is 0 Å². The Morgan fingerprint density at radius 2 is 1.10 bits per heavy atom. The fraction of sp³-hybridized carbons (Fsp3) is 0.444. The normalized spacial score (nSPS) is 22.4. The smallest absolute Gasteiger partial charge is 0.186 e. The Hall–Kier alpha value is -1.70. The van der Waals surface area contributed by atoms with Crippen molar-refractivity contribution in [3.8, 4) is 0 Å². The first-order valence-electron chi connectivity index (χ1n) is 7.18. The monoisotopic (exact) mass is 268 g/mol. The maximum absolute atomic E-state index is 12.1. The van der Waals surface area contributed by atoms with Crippen molar-refractivity contribution in [2.75, 3.05) is 0 Å². The lowest BCUT2D eigenvalue weighted by molar-refractivity contribution is 0.0993. The molecule has 0 saturated heterocycles. The first-order chi connectivity index (χ1) is 9.22. The van der Waals surface area contributed by atoms with Crippen LogP contribution >= 0.6 is 0 Å². The van der Waals surface area contributed by atoms with Crippen molar-refractivity contribution >= 4 is 11.6 Å². The second-order valence-electron chi connectivity index (χ2n) is 7.27. The van der Waals surface area contributed by atoms with Gasteiger partial charge in [-0.05, 0) is 59.1 Å². The highest BCUT2D eigenvalue weighted by Gasteiger charge is 2.38. The minimum atomic E-state index is -0.0541. The van der Waals surface area contributed by atoms with Crippen molar-refractivity contribution in [2.45, 2.75) is 51.4 Å². The van der Waals surface area contributed by atoms with Gasteiger partial charge in [0.2, 0.25) is 0 Å². The van der Waals surface area contributed by atoms with E-state index >= 15 is 0 Å². The minimum absolute atomic E-state index is 0.0541. The summed E-state index contributed by atoms with van der Waals surface area (Å²) >= 11 is 0. The predicted octanol–water partition coefficient (Wildman–Crippen LogP) is 3.97. The molecule has 0 unspecified atom stereocenters. The number of benzene rings is 1. The molecule has 3 rings (SSSR count). The van der Waals surface area contributed by atoms with Gasteiger partial charge in [-0.3, -0.25) is 9.59 Å². The van der Waals surface area contributed by atoms with E-state index in [-0.39, 0.29) is 22.4 Å². The molecule has 0 N–H and O–H groups in total. The Morgan fingerprint density at radius 3 is 1.45 bits per heavy atom. The molecule has 0 saturated carbocycles. The summed E-state index contributed by atoms with van der Waals surface area (Å²) < 4.78 is 0. The Kier molecular flexibility index (Phi) is 2.60. The number of carbonyl (C=O) groups excluding carboxylic acids is 2. The van der Waals surface area contributed by atoms with Crippen LogP contribution in [0.2, 0.25) is 0 Å². The number of hydrogen-bond donors (Lipinski definition) is 0. The highest BCUT2D eigenvalue weighted by molar-refractivity contribution is 6.22. The van der Waals surface area contributed by atoms with E-state index in [0.29, 0.717) is 11.1 Å². The quantitative estimate of drug-likeness (QED) is 0.713. The average Bonchev–Trinajstić information content (AvgIpc) is 2.39. The molecule has 20 heavy (non-hydrogen) atoms. The van der Waals surface area contributed by atoms with Crippen LogP contribution in [0.1, 0.15) is 72.4 Å². The van der Waals surface area contributed by atoms with Gasteiger partial charge in [-0.1, -0.05) is 27.7 Å². The molecule has 0 bridgehead atoms. The van der Waals surface area contributed by atoms with Gasteiger partial charge in [0.25, 0.3) is 0 Å². The topological polar surface area (TPSA) is 34.1 Å². The predicted molar refractivity (Wildman–Crippen MR) is 79.5 cm³/mol. The fourth-order valence-corrected chi connectivity index (χ4v) is 3.35. The summed E-state index contributed by atoms with van der Waals surface area (Å²) in [6, 6.07) is 3.94. The van der Waals surface area contributed by atoms with Crippen LogP contribution < -0.4 is 0 Å². The zero-order valence-corrected chi connectivity index (χ0v) is 12.5. The molecular formula is C18H20O2. The molecule has 0 spiro atoms. The van der Waals surface area contributed by atoms with Crippen molar-refractivity contribution in [2.24, 2.45) is 0 Å². The maximum atomic E-state index is 12.1. The average molecular weight is 268 g/mol. The zero-order chi connectivity index (χ0) is 14.7. The second kappa shape index (κ2) is 3.91. The molecule has 2 aliphatic carbocycles. The molecule has 0 aromatic heterocycles. The first kappa shape index (κ1) is 13.3. The Balaban J connectivity index is 2.32. The van der Waals surface area contributed by atoms with Crippen LogP contribution in [0, 0.1) is 0 Å². The van der Waals surface area contributed by atoms with E-state index in [0.717, 1.165) is 12.8 Å². The summed E-state index contributed by atoms with van der Waals surface area (Å²) in [5, 5.41) is 0. The number of carbonyl (C=O) groups is 2. The van der Waals surface area contributed by atoms with Gasteiger partial charge < -0.3 is 0 Å². The van der Waals surface area contributed by atoms with E-state index in [1.165, 1.54) is 23.3 Å². The van der Waals surface area contributed by atoms with Crippen LogP contribution in [-0.2, 0) is 10.8 Å². The van der Waals surface area contributed by atoms with Crippen molar-refractivity contribution in [3.05, 3.63) is 46.5 Å². The fourth-order valence-electron chi connectivity index (χ4n) is 3.35. The molecule has 2 nitrogen and oxygen atoms in total. The number of allylic oxidation sites excluding steroid dienone is 2. The molecule has 1 aromatic carbocycles. The van der Waals surface area contributed by atoms with Gasteiger partial charge in [0.1, 0.15) is 0 Å². The van der Waals surface area contributed by atoms with Gasteiger partial charge in [-0.15, -0.1) is 0 Å². The van der Waals surface area contributed by atoms with Crippen molar-refractivity contribution in [3.63, 3.8) is 0 Å². The molecule has 0 aliphatic heterocycles. The number of ketones is 2. The molecule has 0 amide bonds. The molecule has 0 fully saturated rings. The van der Waals surface area contributed by atoms with Crippen molar-refractivity contribution in [1.82, 2.24) is 0 Å². The van der Waals surface area contributed by atoms with E-state index in [1.807, 2.05) is 12.1 Å². The lowest BCUT2D eigenvalue weighted by Crippen LogP contribution is -2.35. The van der Waals surface area contributed by atoms with Crippen LogP contribution in [0.5, 0.6) is 0 Å². The third-order valence-electron chi connectivity index (χ3n) is 4.91. The van der Waals surface area contributed by atoms with Gasteiger partial charge in [0.05, 0.1) is 0 Å². The minimum Gasteiger partial charge on any atom is -0.289 e. The van der Waals surface area contributed by atoms with E-state index in [4.69, 9.17) is 0 Å². The molecule has 104 valence electrons. The third-order valence-corrected chi connectivity index (χ3v) is 4.91. The number of rotatable bonds is 0. The molecular weight excluding hydrogens is 248 g/mol. The van der Waals surface area contributed by atoms with Gasteiger partial charge >= 0.3 is 0 Å². The Bertz CT molecular complexity index is 603. The lowest BCUT2D eigenvalue weighted by Gasteiger charge is -2.42. The highest BCUT2D eigenvalue weighted by atomic mass is 16.1. The molecule has 1 aromatic rings. The second-order valence-corrected chi connectivity index (χ2v) is 7.27. The number of fused-ring (bicyclic) bond motifs is 2. The van der Waals surface area contributed by atoms with Crippen LogP contribution in [0.15, 0.2) is 24.3 Å². The van der Waals surface area contributed by atoms with Crippen LogP contribution in [0.3, 0.4) is 0 Å². The molecule has 0 heterocycles. The summed E-state index contributed by atoms with van der Waals surface area (Å²) in [6.07, 6.45) is 4.98. The number of hydrogen-bond acceptors (Lipinski definition) is 2. The first-order valence-corrected chi connectivity index (χ1v) is 7.18. The maximum Gasteiger partial charge on any atom is 0.186 e. The van der Waals surface area contributed by atoms with Gasteiger partial charge in [0, 0.05) is 11.1 Å². The highest BCUT2D eigenvalue weighted by Crippen LogP contribution is 2.46. The Morgan fingerprint density at radius 1 is 0.750 bits per heavy atom. The van der Waals surface area contributed by atoms with Gasteiger partial charge in [-0.2, -0.15) is 0 Å². The zero-order valence-electron chi connectivity index (χ0n) is 12.5. The van der Waals surface area contributed by atoms with Crippen molar-refractivity contribution < 1.29 is 9.59 Å². The van der Waals surface area contributed by atoms with E-state index in [2.05, 4.69) is 27.7 Å². The molecule has 2 heteroatoms. The van der Waals surface area contributed by atoms with E-state index in [9.17, 15) is 9.59 Å². The lowest BCUT2D eigenvalue weighted by atomic mass is 9.62. The summed E-state index contributed by atoms with van der Waals surface area (Å²) in [4.78, 5) is 24.1. The van der Waals surface area contributed by atoms with Gasteiger partial charge in [-0.25, -0.2) is 0 Å². The Labute approximate surface area is 119 Å². The third kappa shape index (κ3) is 1.78. The molecule has 2 aliphatic rings. The van der Waals surface area contributed by atoms with Crippen LogP contribution in [-0.4, -0.2) is 11.6 Å². The molecule has 0 atom stereocenters. The van der Waals surface area contributed by atoms with E-state index < -0.39 is 0 Å². The van der Waals surface area contributed by atoms with Gasteiger partial charge in [0.15, 0.2) is 11.6 Å². The summed E-state index contributed by atoms with van der Waals surface area (Å²) in [7, 11) is 0. The largest absolute Gasteiger partial charge is 0.289 e.